The van der Waals surface area contributed by atoms with Crippen molar-refractivity contribution < 1.29 is 8.81 Å². The summed E-state index contributed by atoms with van der Waals surface area (Å²) in [6, 6.07) is 8.39. The molecule has 29 heavy (non-hydrogen) atoms. The van der Waals surface area contributed by atoms with Crippen LogP contribution >= 0.6 is 0 Å². The highest BCUT2D eigenvalue weighted by Gasteiger charge is 2.09. The maximum atomic E-state index is 13.3. The van der Waals surface area contributed by atoms with E-state index in [4.69, 9.17) is 4.42 Å². The van der Waals surface area contributed by atoms with E-state index in [1.165, 1.54) is 12.1 Å². The van der Waals surface area contributed by atoms with Crippen LogP contribution in [0.25, 0.3) is 22.5 Å². The van der Waals surface area contributed by atoms with E-state index < -0.39 is 0 Å². The van der Waals surface area contributed by atoms with Crippen molar-refractivity contribution in [2.24, 2.45) is 4.99 Å². The summed E-state index contributed by atoms with van der Waals surface area (Å²) in [7, 11) is 0. The number of hydrogen-bond donors (Lipinski definition) is 4. The number of fused-ring (bicyclic) bond motifs is 1. The van der Waals surface area contributed by atoms with E-state index in [0.717, 1.165) is 29.4 Å². The van der Waals surface area contributed by atoms with Crippen molar-refractivity contribution in [3.05, 3.63) is 60.0 Å². The van der Waals surface area contributed by atoms with Crippen molar-refractivity contribution in [3.63, 3.8) is 0 Å². The molecule has 0 saturated heterocycles. The minimum atomic E-state index is -0.242. The van der Waals surface area contributed by atoms with Crippen LogP contribution in [0.2, 0.25) is 0 Å². The zero-order valence-corrected chi connectivity index (χ0v) is 16.0. The summed E-state index contributed by atoms with van der Waals surface area (Å²) < 4.78 is 18.6. The van der Waals surface area contributed by atoms with E-state index in [-0.39, 0.29) is 5.82 Å². The molecule has 4 aromatic rings. The lowest BCUT2D eigenvalue weighted by molar-refractivity contribution is 0.577. The van der Waals surface area contributed by atoms with Crippen LogP contribution in [0, 0.1) is 5.82 Å². The lowest BCUT2D eigenvalue weighted by atomic mass is 10.1. The average Bonchev–Trinajstić information content (AvgIpc) is 3.46. The second-order valence-electron chi connectivity index (χ2n) is 6.46. The lowest BCUT2D eigenvalue weighted by Crippen LogP contribution is -2.38. The molecule has 0 aliphatic rings. The standard InChI is InChI=1S/C20H22FN7O/c1-2-22-20(25-12-18-26-19(28-27-18)17-4-3-9-29-17)23-8-7-13-11-24-16-10-14(21)5-6-15(13)16/h3-6,9-11,24H,2,7-8,12H2,1H3,(H2,22,23,25)(H,26,27,28). The number of halogens is 1. The molecule has 4 N–H and O–H groups in total. The number of H-pyrrole nitrogens is 2. The van der Waals surface area contributed by atoms with Gasteiger partial charge >= 0.3 is 0 Å². The monoisotopic (exact) mass is 395 g/mol. The second kappa shape index (κ2) is 8.59. The molecule has 0 saturated carbocycles. The number of hydrogen-bond acceptors (Lipinski definition) is 4. The van der Waals surface area contributed by atoms with Crippen molar-refractivity contribution >= 4 is 16.9 Å². The summed E-state index contributed by atoms with van der Waals surface area (Å²) in [4.78, 5) is 12.0. The number of furan rings is 1. The highest BCUT2D eigenvalue weighted by molar-refractivity contribution is 5.83. The van der Waals surface area contributed by atoms with Crippen molar-refractivity contribution in [1.29, 1.82) is 0 Å². The van der Waals surface area contributed by atoms with Gasteiger partial charge in [0.15, 0.2) is 11.7 Å². The van der Waals surface area contributed by atoms with E-state index in [0.29, 0.717) is 36.5 Å². The largest absolute Gasteiger partial charge is 0.461 e. The molecule has 0 aliphatic heterocycles. The Bertz CT molecular complexity index is 1100. The number of nitrogens with zero attached hydrogens (tertiary/aromatic N) is 3. The zero-order valence-electron chi connectivity index (χ0n) is 16.0. The topological polar surface area (TPSA) is 107 Å². The molecule has 9 heteroatoms. The van der Waals surface area contributed by atoms with Crippen LogP contribution in [0.4, 0.5) is 4.39 Å². The first-order valence-electron chi connectivity index (χ1n) is 9.46. The summed E-state index contributed by atoms with van der Waals surface area (Å²) >= 11 is 0. The van der Waals surface area contributed by atoms with Gasteiger partial charge in [-0.3, -0.25) is 5.10 Å². The first-order valence-corrected chi connectivity index (χ1v) is 9.46. The smallest absolute Gasteiger partial charge is 0.216 e. The minimum absolute atomic E-state index is 0.242. The Morgan fingerprint density at radius 3 is 3.03 bits per heavy atom. The summed E-state index contributed by atoms with van der Waals surface area (Å²) in [6.45, 7) is 3.79. The molecule has 0 bridgehead atoms. The summed E-state index contributed by atoms with van der Waals surface area (Å²) in [6.07, 6.45) is 4.28. The SMILES string of the molecule is CCNC(=NCc1nc(-c2ccco2)n[nH]1)NCCc1c[nH]c2cc(F)ccc12. The Morgan fingerprint density at radius 1 is 1.28 bits per heavy atom. The van der Waals surface area contributed by atoms with Gasteiger partial charge in [-0.15, -0.1) is 5.10 Å². The predicted molar refractivity (Wildman–Crippen MR) is 109 cm³/mol. The zero-order chi connectivity index (χ0) is 20.1. The molecule has 0 radical (unpaired) electrons. The van der Waals surface area contributed by atoms with E-state index in [1.54, 1.807) is 24.5 Å². The number of aliphatic imine (C=N–C) groups is 1. The molecule has 0 aliphatic carbocycles. The third-order valence-electron chi connectivity index (χ3n) is 4.42. The Morgan fingerprint density at radius 2 is 2.21 bits per heavy atom. The van der Waals surface area contributed by atoms with E-state index >= 15 is 0 Å². The number of rotatable bonds is 7. The number of guanidine groups is 1. The Balaban J connectivity index is 1.36. The van der Waals surface area contributed by atoms with Gasteiger partial charge in [0.2, 0.25) is 5.82 Å². The molecule has 0 unspecified atom stereocenters. The van der Waals surface area contributed by atoms with Gasteiger partial charge in [0.25, 0.3) is 0 Å². The first-order chi connectivity index (χ1) is 14.2. The van der Waals surface area contributed by atoms with E-state index in [1.807, 2.05) is 13.1 Å². The Labute approximate surface area is 166 Å². The van der Waals surface area contributed by atoms with Crippen LogP contribution in [0.3, 0.4) is 0 Å². The fourth-order valence-corrected chi connectivity index (χ4v) is 3.06. The third-order valence-corrected chi connectivity index (χ3v) is 4.42. The van der Waals surface area contributed by atoms with Crippen LogP contribution in [0.5, 0.6) is 0 Å². The van der Waals surface area contributed by atoms with Gasteiger partial charge in [-0.05, 0) is 49.2 Å². The second-order valence-corrected chi connectivity index (χ2v) is 6.46. The number of aromatic nitrogens is 4. The van der Waals surface area contributed by atoms with Crippen LogP contribution < -0.4 is 10.6 Å². The maximum Gasteiger partial charge on any atom is 0.216 e. The molecule has 0 amide bonds. The molecule has 150 valence electrons. The molecule has 4 rings (SSSR count). The van der Waals surface area contributed by atoms with Gasteiger partial charge in [-0.2, -0.15) is 0 Å². The van der Waals surface area contributed by atoms with Gasteiger partial charge < -0.3 is 20.0 Å². The average molecular weight is 395 g/mol. The molecule has 8 nitrogen and oxygen atoms in total. The van der Waals surface area contributed by atoms with Gasteiger partial charge in [0.05, 0.1) is 6.26 Å². The van der Waals surface area contributed by atoms with E-state index in [2.05, 4.69) is 35.8 Å². The minimum Gasteiger partial charge on any atom is -0.461 e. The van der Waals surface area contributed by atoms with Crippen LogP contribution in [0.1, 0.15) is 18.3 Å². The lowest BCUT2D eigenvalue weighted by Gasteiger charge is -2.10. The number of aromatic amines is 2. The van der Waals surface area contributed by atoms with E-state index in [9.17, 15) is 4.39 Å². The van der Waals surface area contributed by atoms with Crippen LogP contribution in [-0.4, -0.2) is 39.2 Å². The van der Waals surface area contributed by atoms with Crippen molar-refractivity contribution in [2.45, 2.75) is 19.9 Å². The number of benzene rings is 1. The van der Waals surface area contributed by atoms with Crippen LogP contribution in [0.15, 0.2) is 52.2 Å². The highest BCUT2D eigenvalue weighted by atomic mass is 19.1. The Hall–Kier alpha value is -3.62. The predicted octanol–water partition coefficient (Wildman–Crippen LogP) is 2.98. The first kappa shape index (κ1) is 18.7. The fraction of sp³-hybridized carbons (Fsp3) is 0.250. The molecule has 0 fully saturated rings. The Kier molecular flexibility index (Phi) is 5.55. The van der Waals surface area contributed by atoms with Gasteiger partial charge in [0.1, 0.15) is 18.2 Å². The summed E-state index contributed by atoms with van der Waals surface area (Å²) in [5, 5.41) is 14.6. The molecular weight excluding hydrogens is 373 g/mol. The van der Waals surface area contributed by atoms with Crippen molar-refractivity contribution in [3.8, 4) is 11.6 Å². The third kappa shape index (κ3) is 4.45. The fourth-order valence-electron chi connectivity index (χ4n) is 3.06. The summed E-state index contributed by atoms with van der Waals surface area (Å²) in [5.74, 6) is 2.21. The molecule has 3 heterocycles. The van der Waals surface area contributed by atoms with Crippen LogP contribution in [-0.2, 0) is 13.0 Å². The molecule has 0 spiro atoms. The highest BCUT2D eigenvalue weighted by Crippen LogP contribution is 2.19. The quantitative estimate of drug-likeness (QED) is 0.284. The van der Waals surface area contributed by atoms with Crippen molar-refractivity contribution in [1.82, 2.24) is 30.8 Å². The molecule has 0 atom stereocenters. The molecular formula is C20H22FN7O. The van der Waals surface area contributed by atoms with Gasteiger partial charge in [-0.1, -0.05) is 0 Å². The van der Waals surface area contributed by atoms with Crippen molar-refractivity contribution in [2.75, 3.05) is 13.1 Å². The number of nitrogens with one attached hydrogen (secondary N) is 4. The summed E-state index contributed by atoms with van der Waals surface area (Å²) in [5.41, 5.74) is 1.93. The maximum absolute atomic E-state index is 13.3. The van der Waals surface area contributed by atoms with Gasteiger partial charge in [0, 0.05) is 30.2 Å². The molecule has 1 aromatic carbocycles. The molecule has 3 aromatic heterocycles. The normalized spacial score (nSPS) is 11.9. The van der Waals surface area contributed by atoms with Gasteiger partial charge in [-0.25, -0.2) is 14.4 Å².